The normalized spacial score (nSPS) is 10.6. The zero-order valence-corrected chi connectivity index (χ0v) is 10.8. The maximum absolute atomic E-state index is 11.7. The van der Waals surface area contributed by atoms with Crippen molar-refractivity contribution in [2.24, 2.45) is 5.10 Å². The molecule has 0 spiro atoms. The van der Waals surface area contributed by atoms with Gasteiger partial charge in [-0.15, -0.1) is 0 Å². The van der Waals surface area contributed by atoms with Crippen molar-refractivity contribution in [3.63, 3.8) is 0 Å². The van der Waals surface area contributed by atoms with Gasteiger partial charge in [-0.2, -0.15) is 5.10 Å². The minimum Gasteiger partial charge on any atom is -0.399 e. The van der Waals surface area contributed by atoms with E-state index in [0.29, 0.717) is 16.3 Å². The second-order valence-electron chi connectivity index (χ2n) is 3.87. The summed E-state index contributed by atoms with van der Waals surface area (Å²) in [5, 5.41) is 4.53. The smallest absolute Gasteiger partial charge is 0.271 e. The largest absolute Gasteiger partial charge is 0.399 e. The first-order valence-corrected chi connectivity index (χ1v) is 5.97. The van der Waals surface area contributed by atoms with E-state index in [1.165, 1.54) is 0 Å². The van der Waals surface area contributed by atoms with Crippen molar-refractivity contribution in [3.8, 4) is 0 Å². The SMILES string of the molecule is Nc1ccc(C(=O)NN=Cc2ccc(Cl)cc2)cc1. The van der Waals surface area contributed by atoms with Gasteiger partial charge in [0, 0.05) is 16.3 Å². The van der Waals surface area contributed by atoms with Crippen LogP contribution in [0.4, 0.5) is 5.69 Å². The minimum absolute atomic E-state index is 0.287. The molecule has 0 radical (unpaired) electrons. The number of halogens is 1. The molecular formula is C14H12ClN3O. The molecule has 2 aromatic carbocycles. The number of anilines is 1. The monoisotopic (exact) mass is 273 g/mol. The lowest BCUT2D eigenvalue weighted by molar-refractivity contribution is 0.0955. The third-order valence-corrected chi connectivity index (χ3v) is 2.67. The number of nitrogens with zero attached hydrogens (tertiary/aromatic N) is 1. The lowest BCUT2D eigenvalue weighted by Gasteiger charge is -2.00. The van der Waals surface area contributed by atoms with Gasteiger partial charge in [-0.1, -0.05) is 23.7 Å². The summed E-state index contributed by atoms with van der Waals surface area (Å²) < 4.78 is 0. The number of nitrogens with two attached hydrogens (primary N) is 1. The minimum atomic E-state index is -0.287. The van der Waals surface area contributed by atoms with Gasteiger partial charge in [-0.05, 0) is 42.0 Å². The predicted molar refractivity (Wildman–Crippen MR) is 77.4 cm³/mol. The summed E-state index contributed by atoms with van der Waals surface area (Å²) in [6, 6.07) is 13.7. The Balaban J connectivity index is 1.96. The highest BCUT2D eigenvalue weighted by molar-refractivity contribution is 6.30. The standard InChI is InChI=1S/C14H12ClN3O/c15-12-5-1-10(2-6-12)9-17-18-14(19)11-3-7-13(16)8-4-11/h1-9H,16H2,(H,18,19). The Morgan fingerprint density at radius 3 is 2.37 bits per heavy atom. The molecular weight excluding hydrogens is 262 g/mol. The van der Waals surface area contributed by atoms with Crippen molar-refractivity contribution >= 4 is 29.4 Å². The fraction of sp³-hybridized carbons (Fsp3) is 0. The van der Waals surface area contributed by atoms with Gasteiger partial charge in [0.15, 0.2) is 0 Å². The molecule has 0 heterocycles. The van der Waals surface area contributed by atoms with Crippen LogP contribution in [-0.2, 0) is 0 Å². The van der Waals surface area contributed by atoms with Gasteiger partial charge in [0.25, 0.3) is 5.91 Å². The summed E-state index contributed by atoms with van der Waals surface area (Å²) >= 11 is 5.76. The maximum atomic E-state index is 11.7. The fourth-order valence-corrected chi connectivity index (χ4v) is 1.54. The van der Waals surface area contributed by atoms with E-state index < -0.39 is 0 Å². The molecule has 0 unspecified atom stereocenters. The summed E-state index contributed by atoms with van der Waals surface area (Å²) in [7, 11) is 0. The molecule has 2 aromatic rings. The summed E-state index contributed by atoms with van der Waals surface area (Å²) in [6.07, 6.45) is 1.55. The second-order valence-corrected chi connectivity index (χ2v) is 4.31. The van der Waals surface area contributed by atoms with Crippen LogP contribution >= 0.6 is 11.6 Å². The molecule has 0 aliphatic carbocycles. The molecule has 0 saturated heterocycles. The number of carbonyl (C=O) groups is 1. The van der Waals surface area contributed by atoms with E-state index in [9.17, 15) is 4.79 Å². The van der Waals surface area contributed by atoms with Crippen molar-refractivity contribution < 1.29 is 4.79 Å². The zero-order chi connectivity index (χ0) is 13.7. The zero-order valence-electron chi connectivity index (χ0n) is 10.0. The Bertz CT molecular complexity index is 591. The Morgan fingerprint density at radius 2 is 1.74 bits per heavy atom. The highest BCUT2D eigenvalue weighted by Crippen LogP contribution is 2.08. The molecule has 0 saturated carbocycles. The van der Waals surface area contributed by atoms with E-state index >= 15 is 0 Å². The highest BCUT2D eigenvalue weighted by Gasteiger charge is 2.02. The lowest BCUT2D eigenvalue weighted by Crippen LogP contribution is -2.17. The average molecular weight is 274 g/mol. The first kappa shape index (κ1) is 13.1. The first-order chi connectivity index (χ1) is 9.15. The topological polar surface area (TPSA) is 67.5 Å². The van der Waals surface area contributed by atoms with Gasteiger partial charge in [0.2, 0.25) is 0 Å². The van der Waals surface area contributed by atoms with Crippen molar-refractivity contribution in [2.45, 2.75) is 0 Å². The average Bonchev–Trinajstić information content (AvgIpc) is 2.41. The number of hydrogen-bond acceptors (Lipinski definition) is 3. The van der Waals surface area contributed by atoms with Gasteiger partial charge in [0.1, 0.15) is 0 Å². The van der Waals surface area contributed by atoms with Gasteiger partial charge in [-0.3, -0.25) is 4.79 Å². The number of carbonyl (C=O) groups excluding carboxylic acids is 1. The molecule has 0 aliphatic rings. The molecule has 2 rings (SSSR count). The van der Waals surface area contributed by atoms with E-state index in [0.717, 1.165) is 5.56 Å². The van der Waals surface area contributed by atoms with Crippen LogP contribution in [0.5, 0.6) is 0 Å². The number of nitrogen functional groups attached to an aromatic ring is 1. The van der Waals surface area contributed by atoms with Crippen molar-refractivity contribution in [1.82, 2.24) is 5.43 Å². The van der Waals surface area contributed by atoms with Crippen LogP contribution in [0.15, 0.2) is 53.6 Å². The van der Waals surface area contributed by atoms with Gasteiger partial charge in [0.05, 0.1) is 6.21 Å². The van der Waals surface area contributed by atoms with Gasteiger partial charge < -0.3 is 5.73 Å². The van der Waals surface area contributed by atoms with Crippen LogP contribution in [0.1, 0.15) is 15.9 Å². The van der Waals surface area contributed by atoms with Crippen molar-refractivity contribution in [3.05, 3.63) is 64.7 Å². The van der Waals surface area contributed by atoms with E-state index in [1.54, 1.807) is 54.7 Å². The molecule has 4 nitrogen and oxygen atoms in total. The number of benzene rings is 2. The summed E-state index contributed by atoms with van der Waals surface area (Å²) in [6.45, 7) is 0. The Hall–Kier alpha value is -2.33. The molecule has 0 aromatic heterocycles. The number of hydrazone groups is 1. The van der Waals surface area contributed by atoms with Gasteiger partial charge in [-0.25, -0.2) is 5.43 Å². The Labute approximate surface area is 115 Å². The van der Waals surface area contributed by atoms with Crippen molar-refractivity contribution in [1.29, 1.82) is 0 Å². The third-order valence-electron chi connectivity index (χ3n) is 2.42. The molecule has 0 fully saturated rings. The van der Waals surface area contributed by atoms with E-state index in [-0.39, 0.29) is 5.91 Å². The van der Waals surface area contributed by atoms with Crippen molar-refractivity contribution in [2.75, 3.05) is 5.73 Å². The number of amides is 1. The summed E-state index contributed by atoms with van der Waals surface area (Å²) in [5.74, 6) is -0.287. The quantitative estimate of drug-likeness (QED) is 0.513. The Kier molecular flexibility index (Phi) is 4.15. The molecule has 0 atom stereocenters. The second kappa shape index (κ2) is 6.02. The first-order valence-electron chi connectivity index (χ1n) is 5.59. The van der Waals surface area contributed by atoms with Gasteiger partial charge >= 0.3 is 0 Å². The lowest BCUT2D eigenvalue weighted by atomic mass is 10.2. The summed E-state index contributed by atoms with van der Waals surface area (Å²) in [5.41, 5.74) is 9.94. The molecule has 3 N–H and O–H groups in total. The molecule has 1 amide bonds. The van der Waals surface area contributed by atoms with Crippen LogP contribution in [0.2, 0.25) is 5.02 Å². The van der Waals surface area contributed by atoms with Crippen LogP contribution in [0, 0.1) is 0 Å². The molecule has 19 heavy (non-hydrogen) atoms. The molecule has 96 valence electrons. The van der Waals surface area contributed by atoms with E-state index in [1.807, 2.05) is 0 Å². The number of rotatable bonds is 3. The summed E-state index contributed by atoms with van der Waals surface area (Å²) in [4.78, 5) is 11.7. The maximum Gasteiger partial charge on any atom is 0.271 e. The van der Waals surface area contributed by atoms with Crippen LogP contribution < -0.4 is 11.2 Å². The number of nitrogens with one attached hydrogen (secondary N) is 1. The van der Waals surface area contributed by atoms with E-state index in [4.69, 9.17) is 17.3 Å². The predicted octanol–water partition coefficient (Wildman–Crippen LogP) is 2.69. The fourth-order valence-electron chi connectivity index (χ4n) is 1.41. The Morgan fingerprint density at radius 1 is 1.11 bits per heavy atom. The molecule has 0 aliphatic heterocycles. The van der Waals surface area contributed by atoms with Crippen LogP contribution in [-0.4, -0.2) is 12.1 Å². The van der Waals surface area contributed by atoms with Crippen LogP contribution in [0.3, 0.4) is 0 Å². The highest BCUT2D eigenvalue weighted by atomic mass is 35.5. The number of hydrogen-bond donors (Lipinski definition) is 2. The molecule has 5 heteroatoms. The molecule has 0 bridgehead atoms. The third kappa shape index (κ3) is 3.82. The van der Waals surface area contributed by atoms with Crippen LogP contribution in [0.25, 0.3) is 0 Å². The van der Waals surface area contributed by atoms with E-state index in [2.05, 4.69) is 10.5 Å².